The zero-order chi connectivity index (χ0) is 42.2. The molecular weight excluding hydrogens is 753 g/mol. The minimum Gasteiger partial charge on any atom is -0.310 e. The van der Waals surface area contributed by atoms with Crippen LogP contribution < -0.4 is 4.90 Å². The number of rotatable bonds is 4. The van der Waals surface area contributed by atoms with E-state index in [1.807, 2.05) is 0 Å². The molecule has 0 bridgehead atoms. The van der Waals surface area contributed by atoms with Gasteiger partial charge in [0.05, 0.1) is 39.1 Å². The van der Waals surface area contributed by atoms with Gasteiger partial charge in [-0.1, -0.05) is 130 Å². The summed E-state index contributed by atoms with van der Waals surface area (Å²) in [6, 6.07) is 59.0. The Bertz CT molecular complexity index is 3400. The Hall–Kier alpha value is -7.17. The summed E-state index contributed by atoms with van der Waals surface area (Å²) < 4.78 is 4.95. The summed E-state index contributed by atoms with van der Waals surface area (Å²) in [6.45, 7) is 15.8. The van der Waals surface area contributed by atoms with E-state index in [-0.39, 0.29) is 11.3 Å². The van der Waals surface area contributed by atoms with Crippen molar-refractivity contribution in [3.8, 4) is 33.9 Å². The summed E-state index contributed by atoms with van der Waals surface area (Å²) >= 11 is 0. The van der Waals surface area contributed by atoms with Crippen LogP contribution in [0.5, 0.6) is 0 Å². The lowest BCUT2D eigenvalue weighted by Crippen LogP contribution is -2.26. The highest BCUT2D eigenvalue weighted by Crippen LogP contribution is 2.58. The third-order valence-corrected chi connectivity index (χ3v) is 13.8. The van der Waals surface area contributed by atoms with Crippen LogP contribution in [0, 0.1) is 27.7 Å². The normalized spacial score (nSPS) is 14.2. The van der Waals surface area contributed by atoms with Gasteiger partial charge < -0.3 is 9.47 Å². The number of benzene rings is 8. The molecule has 0 saturated heterocycles. The highest BCUT2D eigenvalue weighted by molar-refractivity contribution is 6.09. The number of aromatic nitrogens is 3. The first-order valence-electron chi connectivity index (χ1n) is 21.9. The second-order valence-corrected chi connectivity index (χ2v) is 18.6. The second kappa shape index (κ2) is 13.2. The van der Waals surface area contributed by atoms with Crippen molar-refractivity contribution in [2.45, 2.75) is 59.8 Å². The number of nitrogens with zero attached hydrogens (tertiary/aromatic N) is 4. The fourth-order valence-electron chi connectivity index (χ4n) is 11.0. The Balaban J connectivity index is 1.19. The highest BCUT2D eigenvalue weighted by Gasteiger charge is 2.41. The molecule has 0 spiro atoms. The summed E-state index contributed by atoms with van der Waals surface area (Å²) in [4.78, 5) is 8.30. The molecule has 62 heavy (non-hydrogen) atoms. The Morgan fingerprint density at radius 2 is 1.05 bits per heavy atom. The summed E-state index contributed by atoms with van der Waals surface area (Å²) in [7, 11) is 0. The zero-order valence-corrected chi connectivity index (χ0v) is 36.4. The van der Waals surface area contributed by atoms with Crippen LogP contribution in [0.15, 0.2) is 158 Å². The molecule has 12 rings (SSSR count). The molecule has 2 aliphatic rings. The third-order valence-electron chi connectivity index (χ3n) is 13.8. The van der Waals surface area contributed by atoms with Crippen LogP contribution in [0.4, 0.5) is 17.1 Å². The third kappa shape index (κ3) is 5.10. The van der Waals surface area contributed by atoms with Gasteiger partial charge >= 0.3 is 0 Å². The maximum atomic E-state index is 5.77. The van der Waals surface area contributed by atoms with Crippen molar-refractivity contribution in [1.82, 2.24) is 14.1 Å². The molecule has 0 fully saturated rings. The zero-order valence-electron chi connectivity index (χ0n) is 36.4. The van der Waals surface area contributed by atoms with Crippen molar-refractivity contribution in [2.75, 3.05) is 4.90 Å². The van der Waals surface area contributed by atoms with Crippen LogP contribution in [0.1, 0.15) is 71.2 Å². The largest absolute Gasteiger partial charge is 0.310 e. The molecule has 1 atom stereocenters. The maximum Gasteiger partial charge on any atom is 0.146 e. The van der Waals surface area contributed by atoms with Crippen LogP contribution in [-0.4, -0.2) is 14.1 Å². The molecule has 0 N–H and O–H groups in total. The molecule has 2 aromatic heterocycles. The molecule has 4 heterocycles. The average Bonchev–Trinajstić information content (AvgIpc) is 3.82. The Morgan fingerprint density at radius 1 is 0.484 bits per heavy atom. The Kier molecular flexibility index (Phi) is 7.78. The first kappa shape index (κ1) is 36.7. The first-order chi connectivity index (χ1) is 30.1. The van der Waals surface area contributed by atoms with Gasteiger partial charge in [-0.3, -0.25) is 4.57 Å². The van der Waals surface area contributed by atoms with Crippen molar-refractivity contribution in [2.24, 2.45) is 0 Å². The van der Waals surface area contributed by atoms with Gasteiger partial charge in [-0.25, -0.2) is 4.98 Å². The van der Waals surface area contributed by atoms with E-state index in [0.29, 0.717) is 0 Å². The van der Waals surface area contributed by atoms with Crippen LogP contribution in [0.2, 0.25) is 0 Å². The lowest BCUT2D eigenvalue weighted by atomic mass is 9.76. The number of imidazole rings is 1. The molecular formula is C58H48N4. The lowest BCUT2D eigenvalue weighted by molar-refractivity contribution is 0.590. The van der Waals surface area contributed by atoms with Crippen molar-refractivity contribution in [1.29, 1.82) is 0 Å². The van der Waals surface area contributed by atoms with Crippen LogP contribution in [-0.2, 0) is 5.41 Å². The topological polar surface area (TPSA) is 26.0 Å². The number of anilines is 3. The van der Waals surface area contributed by atoms with Crippen LogP contribution >= 0.6 is 0 Å². The molecule has 0 amide bonds. The van der Waals surface area contributed by atoms with Crippen LogP contribution in [0.25, 0.3) is 66.7 Å². The predicted octanol–water partition coefficient (Wildman–Crippen LogP) is 15.3. The lowest BCUT2D eigenvalue weighted by Gasteiger charge is -2.41. The van der Waals surface area contributed by atoms with Gasteiger partial charge in [0.15, 0.2) is 0 Å². The summed E-state index contributed by atoms with van der Waals surface area (Å²) in [5, 5.41) is 2.52. The Labute approximate surface area is 363 Å². The molecule has 2 aliphatic heterocycles. The quantitative estimate of drug-likeness (QED) is 0.177. The maximum absolute atomic E-state index is 5.77. The van der Waals surface area contributed by atoms with E-state index in [1.165, 1.54) is 106 Å². The van der Waals surface area contributed by atoms with Gasteiger partial charge in [0.1, 0.15) is 5.82 Å². The van der Waals surface area contributed by atoms with Gasteiger partial charge in [-0.15, -0.1) is 0 Å². The molecule has 10 aromatic rings. The minimum absolute atomic E-state index is 0.0157. The van der Waals surface area contributed by atoms with Gasteiger partial charge in [-0.2, -0.15) is 0 Å². The molecule has 300 valence electrons. The molecule has 0 aliphatic carbocycles. The summed E-state index contributed by atoms with van der Waals surface area (Å²) in [5.41, 5.74) is 24.4. The number of aryl methyl sites for hydroxylation is 4. The van der Waals surface area contributed by atoms with Crippen molar-refractivity contribution >= 4 is 49.9 Å². The predicted molar refractivity (Wildman–Crippen MR) is 260 cm³/mol. The molecule has 4 nitrogen and oxygen atoms in total. The number of hydrogen-bond donors (Lipinski definition) is 0. The highest BCUT2D eigenvalue weighted by atomic mass is 15.2. The van der Waals surface area contributed by atoms with E-state index in [4.69, 9.17) is 4.98 Å². The number of para-hydroxylation sites is 2. The van der Waals surface area contributed by atoms with E-state index < -0.39 is 0 Å². The van der Waals surface area contributed by atoms with E-state index in [2.05, 4.69) is 220 Å². The molecule has 1 unspecified atom stereocenters. The van der Waals surface area contributed by atoms with Crippen molar-refractivity contribution in [3.05, 3.63) is 202 Å². The van der Waals surface area contributed by atoms with Gasteiger partial charge in [0.25, 0.3) is 0 Å². The van der Waals surface area contributed by atoms with Gasteiger partial charge in [0.2, 0.25) is 0 Å². The fraction of sp³-hybridized carbons (Fsp3) is 0.155. The number of hydrogen-bond acceptors (Lipinski definition) is 2. The number of fused-ring (bicyclic) bond motifs is 7. The van der Waals surface area contributed by atoms with Crippen molar-refractivity contribution in [3.63, 3.8) is 0 Å². The SMILES string of the molecule is Cc1cccc(C)c1-c1ccc2c3c1nc(-c1c(C)cccc1C)n3-c1cccc3c1C2c1ccc(-n2c4ccccc4c4ccccc42)cc1N3c1ccc(C(C)(C)C)cc1. The smallest absolute Gasteiger partial charge is 0.146 e. The molecule has 8 aromatic carbocycles. The van der Waals surface area contributed by atoms with Gasteiger partial charge in [-0.05, 0) is 126 Å². The fourth-order valence-corrected chi connectivity index (χ4v) is 11.0. The molecule has 4 heteroatoms. The first-order valence-corrected chi connectivity index (χ1v) is 21.9. The average molecular weight is 801 g/mol. The van der Waals surface area contributed by atoms with E-state index in [9.17, 15) is 0 Å². The van der Waals surface area contributed by atoms with E-state index in [1.54, 1.807) is 0 Å². The van der Waals surface area contributed by atoms with Crippen molar-refractivity contribution < 1.29 is 0 Å². The molecule has 0 radical (unpaired) electrons. The standard InChI is InChI=1S/C58H48N4/c1-34-15-12-16-35(2)51(34)44-31-32-45-53-43-30-29-40(61-46-21-10-8-19-41(46)42-20-9-11-22-47(42)61)33-50(43)60(39-27-25-38(26-28-39)58(5,6)7)48-23-14-24-49(54(48)53)62-56(45)55(44)59-57(62)52-36(3)17-13-18-37(52)4/h8-33,53H,1-7H3. The summed E-state index contributed by atoms with van der Waals surface area (Å²) in [6.07, 6.45) is 0. The van der Waals surface area contributed by atoms with E-state index >= 15 is 0 Å². The van der Waals surface area contributed by atoms with Crippen LogP contribution in [0.3, 0.4) is 0 Å². The second-order valence-electron chi connectivity index (χ2n) is 18.6. The Morgan fingerprint density at radius 3 is 1.69 bits per heavy atom. The minimum atomic E-state index is -0.0157. The summed E-state index contributed by atoms with van der Waals surface area (Å²) in [5.74, 6) is 0.981. The van der Waals surface area contributed by atoms with E-state index in [0.717, 1.165) is 22.7 Å². The monoisotopic (exact) mass is 800 g/mol. The van der Waals surface area contributed by atoms with Gasteiger partial charge in [0, 0.05) is 44.8 Å². The molecule has 0 saturated carbocycles.